The van der Waals surface area contributed by atoms with Gasteiger partial charge in [0.15, 0.2) is 11.0 Å². The van der Waals surface area contributed by atoms with Gasteiger partial charge in [0.25, 0.3) is 0 Å². The fraction of sp³-hybridized carbons (Fsp3) is 0.0476. The largest absolute Gasteiger partial charge is 0.506 e. The quantitative estimate of drug-likeness (QED) is 0.243. The molecule has 0 fully saturated rings. The number of rotatable bonds is 6. The number of fused-ring (bicyclic) bond motifs is 1. The van der Waals surface area contributed by atoms with Crippen LogP contribution in [0.15, 0.2) is 88.9 Å². The summed E-state index contributed by atoms with van der Waals surface area (Å²) in [5.41, 5.74) is 1.43. The maximum atomic E-state index is 13.3. The lowest BCUT2D eigenvalue weighted by atomic mass is 10.3. The molecule has 0 atom stereocenters. The van der Waals surface area contributed by atoms with Gasteiger partial charge in [0.05, 0.1) is 11.4 Å². The van der Waals surface area contributed by atoms with Crippen molar-refractivity contribution in [3.63, 3.8) is 0 Å². The number of amides is 1. The summed E-state index contributed by atoms with van der Waals surface area (Å²) in [6, 6.07) is 21.6. The third kappa shape index (κ3) is 3.89. The molecule has 0 radical (unpaired) electrons. The molecule has 7 nitrogen and oxygen atoms in total. The lowest BCUT2D eigenvalue weighted by Crippen LogP contribution is -2.44. The first kappa shape index (κ1) is 20.0. The van der Waals surface area contributed by atoms with E-state index in [1.54, 1.807) is 60.7 Å². The summed E-state index contributed by atoms with van der Waals surface area (Å²) in [6.45, 7) is 0. The Labute approximate surface area is 177 Å². The molecule has 3 aromatic carbocycles. The molecule has 0 bridgehead atoms. The highest BCUT2D eigenvalue weighted by Gasteiger charge is 2.31. The number of nitrogens with one attached hydrogen (secondary N) is 2. The van der Waals surface area contributed by atoms with Crippen LogP contribution in [-0.2, 0) is 14.8 Å². The second kappa shape index (κ2) is 8.21. The van der Waals surface area contributed by atoms with Crippen molar-refractivity contribution in [3.05, 3.63) is 78.9 Å². The van der Waals surface area contributed by atoms with Crippen LogP contribution in [0, 0.1) is 0 Å². The van der Waals surface area contributed by atoms with E-state index < -0.39 is 10.0 Å². The number of H-pyrrole nitrogens is 1. The van der Waals surface area contributed by atoms with E-state index in [4.69, 9.17) is 0 Å². The third-order valence-corrected chi connectivity index (χ3v) is 7.16. The number of phenols is 1. The average molecular weight is 441 g/mol. The second-order valence-electron chi connectivity index (χ2n) is 6.38. The normalized spacial score (nSPS) is 11.5. The molecule has 152 valence electrons. The number of anilines is 1. The summed E-state index contributed by atoms with van der Waals surface area (Å²) in [4.78, 5) is 15.6. The average Bonchev–Trinajstić information content (AvgIpc) is 3.14. The predicted molar refractivity (Wildman–Crippen MR) is 115 cm³/mol. The summed E-state index contributed by atoms with van der Waals surface area (Å²) in [6.07, 6.45) is 0. The van der Waals surface area contributed by atoms with Crippen LogP contribution in [0.4, 0.5) is 5.69 Å². The van der Waals surface area contributed by atoms with Gasteiger partial charge in [-0.05, 0) is 48.2 Å². The van der Waals surface area contributed by atoms with Crippen molar-refractivity contribution in [2.24, 2.45) is 0 Å². The monoisotopic (exact) mass is 440 g/mol. The van der Waals surface area contributed by atoms with Crippen molar-refractivity contribution in [2.75, 3.05) is 11.1 Å². The molecule has 0 spiro atoms. The van der Waals surface area contributed by atoms with Crippen LogP contribution in [0.2, 0.25) is 0 Å². The van der Waals surface area contributed by atoms with E-state index >= 15 is 0 Å². The molecule has 0 aliphatic heterocycles. The molecule has 0 unspecified atom stereocenters. The van der Waals surface area contributed by atoms with E-state index in [0.717, 1.165) is 11.8 Å². The van der Waals surface area contributed by atoms with Crippen molar-refractivity contribution < 1.29 is 22.3 Å². The van der Waals surface area contributed by atoms with Gasteiger partial charge in [0.1, 0.15) is 10.6 Å². The van der Waals surface area contributed by atoms with Gasteiger partial charge >= 0.3 is 15.2 Å². The minimum Gasteiger partial charge on any atom is -0.506 e. The lowest BCUT2D eigenvalue weighted by molar-refractivity contribution is -0.526. The third-order valence-electron chi connectivity index (χ3n) is 4.35. The fourth-order valence-corrected chi connectivity index (χ4v) is 5.55. The number of hydrogen-bond acceptors (Lipinski definition) is 5. The maximum Gasteiger partial charge on any atom is 0.336 e. The molecule has 4 aromatic rings. The highest BCUT2D eigenvalue weighted by atomic mass is 32.2. The van der Waals surface area contributed by atoms with Crippen LogP contribution in [0.3, 0.4) is 0 Å². The van der Waals surface area contributed by atoms with E-state index in [1.165, 1.54) is 22.2 Å². The Bertz CT molecular complexity index is 1320. The van der Waals surface area contributed by atoms with Crippen LogP contribution in [-0.4, -0.2) is 30.2 Å². The number of para-hydroxylation sites is 4. The van der Waals surface area contributed by atoms with E-state index in [-0.39, 0.29) is 22.3 Å². The van der Waals surface area contributed by atoms with Gasteiger partial charge in [-0.3, -0.25) is 4.79 Å². The molecule has 4 rings (SSSR count). The molecule has 1 heterocycles. The number of aromatic hydroxyl groups is 1. The molecule has 1 amide bonds. The zero-order valence-electron chi connectivity index (χ0n) is 15.6. The molecule has 1 aromatic heterocycles. The number of thioether (sulfide) groups is 1. The first-order valence-corrected chi connectivity index (χ1v) is 11.4. The van der Waals surface area contributed by atoms with Gasteiger partial charge in [0, 0.05) is 0 Å². The SMILES string of the molecule is O=C(CSc1[nH]c2ccccc2[n+]1S(=O)(=O)c1ccccc1)Nc1ccccc1O. The number of imidazole rings is 1. The molecular formula is C21H18N3O4S2+. The summed E-state index contributed by atoms with van der Waals surface area (Å²) >= 11 is 1.06. The summed E-state index contributed by atoms with van der Waals surface area (Å²) in [7, 11) is -3.87. The van der Waals surface area contributed by atoms with Gasteiger partial charge < -0.3 is 10.4 Å². The van der Waals surface area contributed by atoms with Crippen LogP contribution < -0.4 is 9.29 Å². The molecule has 9 heteroatoms. The topological polar surface area (TPSA) is 103 Å². The standard InChI is InChI=1S/C21H17N3O4S2/c25-19-13-7-5-11-17(19)22-20(26)14-29-21-23-16-10-4-6-12-18(16)24(21)30(27,28)15-8-2-1-3-9-15/h1-13H,14H2,(H2,22,25,26)/p+1. The van der Waals surface area contributed by atoms with Gasteiger partial charge in [-0.2, -0.15) is 8.42 Å². The van der Waals surface area contributed by atoms with E-state index in [9.17, 15) is 18.3 Å². The highest BCUT2D eigenvalue weighted by molar-refractivity contribution is 8.00. The van der Waals surface area contributed by atoms with E-state index in [2.05, 4.69) is 10.3 Å². The van der Waals surface area contributed by atoms with Gasteiger partial charge in [-0.1, -0.05) is 42.5 Å². The number of benzene rings is 3. The Morgan fingerprint density at radius 2 is 1.63 bits per heavy atom. The Hall–Kier alpha value is -3.30. The van der Waals surface area contributed by atoms with Gasteiger partial charge in [-0.25, -0.2) is 4.98 Å². The Balaban J connectivity index is 1.66. The fourth-order valence-electron chi connectivity index (χ4n) is 2.96. The number of phenolic OH excluding ortho intramolecular Hbond substituents is 1. The number of nitrogens with zero attached hydrogens (tertiary/aromatic N) is 1. The van der Waals surface area contributed by atoms with Gasteiger partial charge in [-0.15, -0.1) is 3.97 Å². The summed E-state index contributed by atoms with van der Waals surface area (Å²) < 4.78 is 27.8. The van der Waals surface area contributed by atoms with Crippen LogP contribution in [0.1, 0.15) is 0 Å². The van der Waals surface area contributed by atoms with Crippen molar-refractivity contribution >= 4 is 44.4 Å². The minimum atomic E-state index is -3.87. The van der Waals surface area contributed by atoms with E-state index in [0.29, 0.717) is 21.9 Å². The predicted octanol–water partition coefficient (Wildman–Crippen LogP) is 3.13. The lowest BCUT2D eigenvalue weighted by Gasteiger charge is -2.06. The molecule has 0 saturated carbocycles. The van der Waals surface area contributed by atoms with Crippen molar-refractivity contribution in [1.29, 1.82) is 0 Å². The Morgan fingerprint density at radius 1 is 0.967 bits per heavy atom. The summed E-state index contributed by atoms with van der Waals surface area (Å²) in [5.74, 6) is -0.460. The second-order valence-corrected chi connectivity index (χ2v) is 9.13. The molecule has 0 saturated heterocycles. The number of aromatic amines is 1. The highest BCUT2D eigenvalue weighted by Crippen LogP contribution is 2.24. The smallest absolute Gasteiger partial charge is 0.336 e. The zero-order valence-corrected chi connectivity index (χ0v) is 17.3. The van der Waals surface area contributed by atoms with Crippen LogP contribution >= 0.6 is 11.8 Å². The number of hydrogen-bond donors (Lipinski definition) is 3. The van der Waals surface area contributed by atoms with Crippen LogP contribution in [0.5, 0.6) is 5.75 Å². The van der Waals surface area contributed by atoms with E-state index in [1.807, 2.05) is 0 Å². The van der Waals surface area contributed by atoms with Gasteiger partial charge in [0.2, 0.25) is 5.91 Å². The zero-order chi connectivity index (χ0) is 21.1. The number of carbonyl (C=O) groups is 1. The van der Waals surface area contributed by atoms with Crippen molar-refractivity contribution in [1.82, 2.24) is 4.98 Å². The minimum absolute atomic E-state index is 0.0387. The molecule has 30 heavy (non-hydrogen) atoms. The first-order valence-electron chi connectivity index (χ1n) is 9.01. The van der Waals surface area contributed by atoms with Crippen molar-refractivity contribution in [2.45, 2.75) is 10.1 Å². The molecule has 0 aliphatic carbocycles. The Morgan fingerprint density at radius 3 is 2.40 bits per heavy atom. The Kier molecular flexibility index (Phi) is 5.47. The number of aromatic nitrogens is 2. The molecule has 0 aliphatic rings. The summed E-state index contributed by atoms with van der Waals surface area (Å²) in [5, 5.41) is 12.7. The number of carbonyl (C=O) groups excluding carboxylic acids is 1. The maximum absolute atomic E-state index is 13.3. The van der Waals surface area contributed by atoms with Crippen molar-refractivity contribution in [3.8, 4) is 5.75 Å². The molecular weight excluding hydrogens is 422 g/mol. The molecule has 3 N–H and O–H groups in total. The van der Waals surface area contributed by atoms with Crippen LogP contribution in [0.25, 0.3) is 11.0 Å². The first-order chi connectivity index (χ1) is 14.5.